The van der Waals surface area contributed by atoms with Crippen LogP contribution >= 0.6 is 0 Å². The maximum absolute atomic E-state index is 13.3. The molecule has 6 nitrogen and oxygen atoms in total. The Morgan fingerprint density at radius 1 is 1.50 bits per heavy atom. The fourth-order valence-electron chi connectivity index (χ4n) is 1.20. The number of hydrogen-bond donors (Lipinski definition) is 1. The molecule has 0 aliphatic rings. The molecule has 0 unspecified atom stereocenters. The van der Waals surface area contributed by atoms with E-state index in [-0.39, 0.29) is 18.0 Å². The minimum atomic E-state index is -0.510. The normalized spacial score (nSPS) is 10.4. The zero-order chi connectivity index (χ0) is 11.5. The number of benzene rings is 1. The second kappa shape index (κ2) is 4.13. The minimum Gasteiger partial charge on any atom is -0.480 e. The molecule has 0 amide bonds. The number of ether oxygens (including phenoxy) is 1. The molecule has 1 aromatic carbocycles. The van der Waals surface area contributed by atoms with Crippen LogP contribution in [0.15, 0.2) is 18.2 Å². The highest BCUT2D eigenvalue weighted by Crippen LogP contribution is 2.25. The molecule has 0 bridgehead atoms. The van der Waals surface area contributed by atoms with Crippen LogP contribution < -0.4 is 10.5 Å². The van der Waals surface area contributed by atoms with E-state index in [1.165, 1.54) is 16.9 Å². The van der Waals surface area contributed by atoms with Gasteiger partial charge >= 0.3 is 0 Å². The summed E-state index contributed by atoms with van der Waals surface area (Å²) in [5, 5.41) is 11.2. The molecule has 0 saturated heterocycles. The predicted molar refractivity (Wildman–Crippen MR) is 53.9 cm³/mol. The van der Waals surface area contributed by atoms with Crippen molar-refractivity contribution in [3.05, 3.63) is 29.8 Å². The van der Waals surface area contributed by atoms with Crippen LogP contribution in [0, 0.1) is 5.82 Å². The van der Waals surface area contributed by atoms with E-state index in [1.807, 2.05) is 0 Å². The van der Waals surface area contributed by atoms with Crippen LogP contribution in [0.3, 0.4) is 0 Å². The van der Waals surface area contributed by atoms with Crippen molar-refractivity contribution < 1.29 is 9.13 Å². The number of rotatable bonds is 3. The van der Waals surface area contributed by atoms with Gasteiger partial charge in [0, 0.05) is 0 Å². The smallest absolute Gasteiger partial charge is 0.212 e. The fourth-order valence-corrected chi connectivity index (χ4v) is 1.20. The number of aromatic nitrogens is 4. The third-order valence-electron chi connectivity index (χ3n) is 1.89. The first-order valence-electron chi connectivity index (χ1n) is 4.56. The fraction of sp³-hybridized carbons (Fsp3) is 0.222. The Bertz CT molecular complexity index is 478. The van der Waals surface area contributed by atoms with E-state index in [9.17, 15) is 4.39 Å². The lowest BCUT2D eigenvalue weighted by molar-refractivity contribution is 0.282. The molecular weight excluding hydrogens is 213 g/mol. The van der Waals surface area contributed by atoms with Crippen LogP contribution in [0.1, 0.15) is 5.82 Å². The molecule has 1 aromatic heterocycles. The molecule has 0 radical (unpaired) electrons. The van der Waals surface area contributed by atoms with Gasteiger partial charge in [-0.05, 0) is 17.3 Å². The second-order valence-electron chi connectivity index (χ2n) is 3.14. The third-order valence-corrected chi connectivity index (χ3v) is 1.89. The molecule has 0 fully saturated rings. The van der Waals surface area contributed by atoms with Crippen molar-refractivity contribution in [3.63, 3.8) is 0 Å². The van der Waals surface area contributed by atoms with Gasteiger partial charge in [0.15, 0.2) is 18.2 Å². The topological polar surface area (TPSA) is 78.8 Å². The van der Waals surface area contributed by atoms with Crippen LogP contribution in [-0.2, 0) is 13.7 Å². The molecule has 0 saturated carbocycles. The summed E-state index contributed by atoms with van der Waals surface area (Å²) < 4.78 is 18.5. The largest absolute Gasteiger partial charge is 0.480 e. The lowest BCUT2D eigenvalue weighted by Crippen LogP contribution is -2.03. The summed E-state index contributed by atoms with van der Waals surface area (Å²) in [4.78, 5) is 1.30. The summed E-state index contributed by atoms with van der Waals surface area (Å²) in [6, 6.07) is 4.34. The Balaban J connectivity index is 2.10. The maximum Gasteiger partial charge on any atom is 0.212 e. The summed E-state index contributed by atoms with van der Waals surface area (Å²) in [5.74, 6) is -0.135. The highest BCUT2D eigenvalue weighted by molar-refractivity contribution is 5.52. The Kier molecular flexibility index (Phi) is 2.67. The molecule has 2 rings (SSSR count). The van der Waals surface area contributed by atoms with Crippen molar-refractivity contribution in [2.75, 3.05) is 5.73 Å². The second-order valence-corrected chi connectivity index (χ2v) is 3.14. The van der Waals surface area contributed by atoms with Gasteiger partial charge < -0.3 is 10.5 Å². The van der Waals surface area contributed by atoms with Crippen LogP contribution in [0.5, 0.6) is 5.75 Å². The molecule has 0 aliphatic carbocycles. The SMILES string of the molecule is Cn1nnc(COc2c(N)cccc2F)n1. The molecule has 84 valence electrons. The Hall–Kier alpha value is -2.18. The summed E-state index contributed by atoms with van der Waals surface area (Å²) in [7, 11) is 1.63. The summed E-state index contributed by atoms with van der Waals surface area (Å²) in [6.45, 7) is 0.0268. The minimum absolute atomic E-state index is 0.00922. The van der Waals surface area contributed by atoms with Crippen molar-refractivity contribution >= 4 is 5.69 Å². The number of aryl methyl sites for hydroxylation is 1. The molecule has 0 aliphatic heterocycles. The van der Waals surface area contributed by atoms with E-state index in [1.54, 1.807) is 13.1 Å². The van der Waals surface area contributed by atoms with Crippen LogP contribution in [-0.4, -0.2) is 20.2 Å². The third kappa shape index (κ3) is 2.08. The molecule has 2 aromatic rings. The monoisotopic (exact) mass is 223 g/mol. The van der Waals surface area contributed by atoms with Gasteiger partial charge in [-0.1, -0.05) is 6.07 Å². The van der Waals surface area contributed by atoms with Gasteiger partial charge in [-0.3, -0.25) is 0 Å². The van der Waals surface area contributed by atoms with Gasteiger partial charge in [-0.2, -0.15) is 4.80 Å². The van der Waals surface area contributed by atoms with Crippen molar-refractivity contribution in [1.29, 1.82) is 0 Å². The van der Waals surface area contributed by atoms with Gasteiger partial charge in [0.25, 0.3) is 0 Å². The van der Waals surface area contributed by atoms with E-state index in [0.29, 0.717) is 5.82 Å². The number of nitrogens with zero attached hydrogens (tertiary/aromatic N) is 4. The average Bonchev–Trinajstić information content (AvgIpc) is 2.63. The first-order valence-corrected chi connectivity index (χ1v) is 4.56. The Labute approximate surface area is 90.8 Å². The zero-order valence-corrected chi connectivity index (χ0v) is 8.59. The van der Waals surface area contributed by atoms with Crippen LogP contribution in [0.2, 0.25) is 0 Å². The molecular formula is C9H10FN5O. The van der Waals surface area contributed by atoms with E-state index in [0.717, 1.165) is 0 Å². The number of nitrogen functional groups attached to an aromatic ring is 1. The van der Waals surface area contributed by atoms with Crippen molar-refractivity contribution in [2.45, 2.75) is 6.61 Å². The Morgan fingerprint density at radius 3 is 2.94 bits per heavy atom. The number of tetrazole rings is 1. The molecule has 0 spiro atoms. The molecule has 0 atom stereocenters. The van der Waals surface area contributed by atoms with E-state index in [4.69, 9.17) is 10.5 Å². The predicted octanol–water partition coefficient (Wildman–Crippen LogP) is 0.510. The van der Waals surface area contributed by atoms with E-state index < -0.39 is 5.82 Å². The quantitative estimate of drug-likeness (QED) is 0.767. The lowest BCUT2D eigenvalue weighted by atomic mass is 10.3. The first kappa shape index (κ1) is 10.3. The highest BCUT2D eigenvalue weighted by Gasteiger charge is 2.09. The highest BCUT2D eigenvalue weighted by atomic mass is 19.1. The van der Waals surface area contributed by atoms with Gasteiger partial charge in [-0.25, -0.2) is 4.39 Å². The van der Waals surface area contributed by atoms with Gasteiger partial charge in [0.2, 0.25) is 5.82 Å². The molecule has 7 heteroatoms. The number of hydrogen-bond acceptors (Lipinski definition) is 5. The van der Waals surface area contributed by atoms with Crippen molar-refractivity contribution in [3.8, 4) is 5.75 Å². The number of halogens is 1. The van der Waals surface area contributed by atoms with Crippen molar-refractivity contribution in [2.24, 2.45) is 7.05 Å². The molecule has 2 N–H and O–H groups in total. The average molecular weight is 223 g/mol. The zero-order valence-electron chi connectivity index (χ0n) is 8.59. The first-order chi connectivity index (χ1) is 7.66. The summed E-state index contributed by atoms with van der Waals surface area (Å²) >= 11 is 0. The van der Waals surface area contributed by atoms with Crippen LogP contribution in [0.4, 0.5) is 10.1 Å². The summed E-state index contributed by atoms with van der Waals surface area (Å²) in [6.07, 6.45) is 0. The van der Waals surface area contributed by atoms with Gasteiger partial charge in [0.1, 0.15) is 0 Å². The maximum atomic E-state index is 13.3. The number of para-hydroxylation sites is 1. The van der Waals surface area contributed by atoms with Crippen molar-refractivity contribution in [1.82, 2.24) is 20.2 Å². The van der Waals surface area contributed by atoms with Gasteiger partial charge in [-0.15, -0.1) is 10.2 Å². The number of nitrogens with two attached hydrogens (primary N) is 1. The van der Waals surface area contributed by atoms with Gasteiger partial charge in [0.05, 0.1) is 12.7 Å². The standard InChI is InChI=1S/C9H10FN5O/c1-15-13-8(12-14-15)5-16-9-6(10)3-2-4-7(9)11/h2-4H,5,11H2,1H3. The van der Waals surface area contributed by atoms with Crippen LogP contribution in [0.25, 0.3) is 0 Å². The number of anilines is 1. The Morgan fingerprint density at radius 2 is 2.31 bits per heavy atom. The lowest BCUT2D eigenvalue weighted by Gasteiger charge is -2.07. The van der Waals surface area contributed by atoms with E-state index >= 15 is 0 Å². The van der Waals surface area contributed by atoms with E-state index in [2.05, 4.69) is 15.4 Å². The molecule has 1 heterocycles. The summed E-state index contributed by atoms with van der Waals surface area (Å²) in [5.41, 5.74) is 5.80. The molecule has 16 heavy (non-hydrogen) atoms.